The lowest BCUT2D eigenvalue weighted by atomic mass is 10.1. The van der Waals surface area contributed by atoms with Crippen molar-refractivity contribution in [3.8, 4) is 5.75 Å². The third-order valence-corrected chi connectivity index (χ3v) is 5.71. The predicted molar refractivity (Wildman–Crippen MR) is 107 cm³/mol. The number of benzene rings is 1. The van der Waals surface area contributed by atoms with Crippen molar-refractivity contribution in [2.45, 2.75) is 25.4 Å². The van der Waals surface area contributed by atoms with Crippen LogP contribution in [0.15, 0.2) is 18.2 Å². The second kappa shape index (κ2) is 9.32. The number of carbonyl (C=O) groups excluding carboxylic acids is 2. The molecule has 1 saturated heterocycles. The number of urea groups is 1. The molecule has 2 aliphatic rings. The zero-order valence-corrected chi connectivity index (χ0v) is 16.6. The van der Waals surface area contributed by atoms with E-state index >= 15 is 0 Å². The maximum absolute atomic E-state index is 12.7. The minimum absolute atomic E-state index is 0.0304. The summed E-state index contributed by atoms with van der Waals surface area (Å²) in [7, 11) is 0. The van der Waals surface area contributed by atoms with Crippen LogP contribution in [0.4, 0.5) is 4.79 Å². The number of nitrogens with one attached hydrogen (secondary N) is 1. The van der Waals surface area contributed by atoms with E-state index < -0.39 is 12.1 Å². The summed E-state index contributed by atoms with van der Waals surface area (Å²) < 4.78 is 5.56. The summed E-state index contributed by atoms with van der Waals surface area (Å²) in [6, 6.07) is 5.24. The zero-order chi connectivity index (χ0) is 19.2. The summed E-state index contributed by atoms with van der Waals surface area (Å²) in [5.41, 5.74) is 7.81. The Kier molecular flexibility index (Phi) is 6.84. The topological polar surface area (TPSA) is 87.9 Å². The standard InChI is InChI=1S/C19H28N4O3S/c1-27-11-5-16(21-19(20)25)18(24)23-8-6-22(7-9-23)13-14-2-3-17-15(12-14)4-10-26-17/h2-3,12,16H,4-11,13H2,1H3,(H3,20,21,25)/t16-/m0/s1. The fraction of sp³-hybridized carbons (Fsp3) is 0.579. The molecule has 1 aromatic carbocycles. The van der Waals surface area contributed by atoms with Crippen LogP contribution in [0, 0.1) is 0 Å². The van der Waals surface area contributed by atoms with Crippen molar-refractivity contribution in [2.24, 2.45) is 5.73 Å². The molecule has 1 aromatic rings. The van der Waals surface area contributed by atoms with E-state index in [4.69, 9.17) is 10.5 Å². The Labute approximate surface area is 164 Å². The Bertz CT molecular complexity index is 677. The summed E-state index contributed by atoms with van der Waals surface area (Å²) in [6.07, 6.45) is 3.56. The lowest BCUT2D eigenvalue weighted by Crippen LogP contribution is -2.55. The molecule has 1 fully saturated rings. The van der Waals surface area contributed by atoms with Crippen molar-refractivity contribution >= 4 is 23.7 Å². The van der Waals surface area contributed by atoms with Gasteiger partial charge in [-0.05, 0) is 35.6 Å². The van der Waals surface area contributed by atoms with Gasteiger partial charge in [0.1, 0.15) is 11.8 Å². The van der Waals surface area contributed by atoms with Gasteiger partial charge in [0.2, 0.25) is 5.91 Å². The van der Waals surface area contributed by atoms with E-state index in [1.807, 2.05) is 11.2 Å². The van der Waals surface area contributed by atoms with Crippen molar-refractivity contribution in [2.75, 3.05) is 44.8 Å². The summed E-state index contributed by atoms with van der Waals surface area (Å²) >= 11 is 1.65. The van der Waals surface area contributed by atoms with Gasteiger partial charge < -0.3 is 20.7 Å². The average molecular weight is 393 g/mol. The number of piperazine rings is 1. The van der Waals surface area contributed by atoms with Crippen LogP contribution in [0.2, 0.25) is 0 Å². The second-order valence-electron chi connectivity index (χ2n) is 6.98. The molecule has 1 atom stereocenters. The first kappa shape index (κ1) is 19.8. The predicted octanol–water partition coefficient (Wildman–Crippen LogP) is 1.06. The number of thioether (sulfide) groups is 1. The van der Waals surface area contributed by atoms with Crippen molar-refractivity contribution in [1.29, 1.82) is 0 Å². The number of hydrogen-bond donors (Lipinski definition) is 2. The normalized spacial score (nSPS) is 17.9. The van der Waals surface area contributed by atoms with Crippen molar-refractivity contribution in [3.05, 3.63) is 29.3 Å². The number of primary amides is 1. The summed E-state index contributed by atoms with van der Waals surface area (Å²) in [5, 5.41) is 2.60. The highest BCUT2D eigenvalue weighted by Crippen LogP contribution is 2.26. The summed E-state index contributed by atoms with van der Waals surface area (Å²) in [5.74, 6) is 1.78. The number of nitrogens with two attached hydrogens (primary N) is 1. The quantitative estimate of drug-likeness (QED) is 0.724. The zero-order valence-electron chi connectivity index (χ0n) is 15.8. The molecule has 0 aromatic heterocycles. The SMILES string of the molecule is CSCC[C@H](NC(N)=O)C(=O)N1CCN(Cc2ccc3c(c2)CCO3)CC1. The molecule has 0 spiro atoms. The van der Waals surface area contributed by atoms with Crippen LogP contribution < -0.4 is 15.8 Å². The van der Waals surface area contributed by atoms with E-state index in [9.17, 15) is 9.59 Å². The first-order valence-corrected chi connectivity index (χ1v) is 10.8. The number of nitrogens with zero attached hydrogens (tertiary/aromatic N) is 2. The molecule has 0 radical (unpaired) electrons. The van der Waals surface area contributed by atoms with Gasteiger partial charge in [-0.1, -0.05) is 12.1 Å². The van der Waals surface area contributed by atoms with Crippen LogP contribution in [0.5, 0.6) is 5.75 Å². The number of hydrogen-bond acceptors (Lipinski definition) is 5. The molecular weight excluding hydrogens is 364 g/mol. The van der Waals surface area contributed by atoms with Crippen molar-refractivity contribution < 1.29 is 14.3 Å². The molecule has 8 heteroatoms. The first-order valence-electron chi connectivity index (χ1n) is 9.37. The average Bonchev–Trinajstić information content (AvgIpc) is 3.13. The van der Waals surface area contributed by atoms with E-state index in [-0.39, 0.29) is 5.91 Å². The molecule has 0 unspecified atom stereocenters. The van der Waals surface area contributed by atoms with Gasteiger partial charge in [0.25, 0.3) is 0 Å². The maximum Gasteiger partial charge on any atom is 0.312 e. The fourth-order valence-corrected chi connectivity index (χ4v) is 4.08. The molecule has 148 valence electrons. The monoisotopic (exact) mass is 392 g/mol. The lowest BCUT2D eigenvalue weighted by molar-refractivity contribution is -0.135. The highest BCUT2D eigenvalue weighted by atomic mass is 32.2. The summed E-state index contributed by atoms with van der Waals surface area (Å²) in [6.45, 7) is 4.64. The molecule has 2 aliphatic heterocycles. The van der Waals surface area contributed by atoms with Crippen molar-refractivity contribution in [1.82, 2.24) is 15.1 Å². The van der Waals surface area contributed by atoms with E-state index in [0.717, 1.165) is 44.2 Å². The van der Waals surface area contributed by atoms with Crippen LogP contribution in [-0.4, -0.2) is 72.6 Å². The minimum atomic E-state index is -0.645. The number of fused-ring (bicyclic) bond motifs is 1. The lowest BCUT2D eigenvalue weighted by Gasteiger charge is -2.36. The smallest absolute Gasteiger partial charge is 0.312 e. The Morgan fingerprint density at radius 3 is 2.78 bits per heavy atom. The van der Waals surface area contributed by atoms with E-state index in [0.29, 0.717) is 19.5 Å². The van der Waals surface area contributed by atoms with Crippen LogP contribution in [-0.2, 0) is 17.8 Å². The van der Waals surface area contributed by atoms with Gasteiger partial charge in [-0.2, -0.15) is 11.8 Å². The van der Waals surface area contributed by atoms with Crippen LogP contribution in [0.1, 0.15) is 17.5 Å². The molecular formula is C19H28N4O3S. The molecule has 0 saturated carbocycles. The molecule has 0 aliphatic carbocycles. The molecule has 3 amide bonds. The fourth-order valence-electron chi connectivity index (χ4n) is 3.61. The van der Waals surface area contributed by atoms with Crippen molar-refractivity contribution in [3.63, 3.8) is 0 Å². The van der Waals surface area contributed by atoms with Gasteiger partial charge in [0, 0.05) is 39.1 Å². The molecule has 2 heterocycles. The molecule has 0 bridgehead atoms. The van der Waals surface area contributed by atoms with Gasteiger partial charge >= 0.3 is 6.03 Å². The Morgan fingerprint density at radius 2 is 2.07 bits per heavy atom. The van der Waals surface area contributed by atoms with Crippen LogP contribution in [0.25, 0.3) is 0 Å². The van der Waals surface area contributed by atoms with E-state index in [1.54, 1.807) is 11.8 Å². The van der Waals surface area contributed by atoms with E-state index in [1.165, 1.54) is 11.1 Å². The third kappa shape index (κ3) is 5.29. The maximum atomic E-state index is 12.7. The molecule has 3 rings (SSSR count). The van der Waals surface area contributed by atoms with Crippen LogP contribution >= 0.6 is 11.8 Å². The number of rotatable bonds is 7. The van der Waals surface area contributed by atoms with Crippen LogP contribution in [0.3, 0.4) is 0 Å². The second-order valence-corrected chi connectivity index (χ2v) is 7.97. The minimum Gasteiger partial charge on any atom is -0.493 e. The Hall–Kier alpha value is -1.93. The van der Waals surface area contributed by atoms with E-state index in [2.05, 4.69) is 28.4 Å². The molecule has 7 nitrogen and oxygen atoms in total. The van der Waals surface area contributed by atoms with Gasteiger partial charge in [0.15, 0.2) is 0 Å². The number of carbonyl (C=O) groups is 2. The van der Waals surface area contributed by atoms with Gasteiger partial charge in [-0.3, -0.25) is 9.69 Å². The van der Waals surface area contributed by atoms with Gasteiger partial charge in [-0.15, -0.1) is 0 Å². The molecule has 3 N–H and O–H groups in total. The van der Waals surface area contributed by atoms with Gasteiger partial charge in [-0.25, -0.2) is 4.79 Å². The summed E-state index contributed by atoms with van der Waals surface area (Å²) in [4.78, 5) is 28.2. The Morgan fingerprint density at radius 1 is 1.30 bits per heavy atom. The highest BCUT2D eigenvalue weighted by Gasteiger charge is 2.28. The number of ether oxygens (including phenoxy) is 1. The molecule has 27 heavy (non-hydrogen) atoms. The Balaban J connectivity index is 1.51. The first-order chi connectivity index (χ1) is 13.1. The largest absolute Gasteiger partial charge is 0.493 e. The third-order valence-electron chi connectivity index (χ3n) is 5.07. The highest BCUT2D eigenvalue weighted by molar-refractivity contribution is 7.98. The number of amides is 3. The van der Waals surface area contributed by atoms with Gasteiger partial charge in [0.05, 0.1) is 6.61 Å².